The molecule has 118 valence electrons. The summed E-state index contributed by atoms with van der Waals surface area (Å²) in [7, 11) is -0.777. The van der Waals surface area contributed by atoms with Crippen molar-refractivity contribution in [2.45, 2.75) is 31.6 Å². The monoisotopic (exact) mass is 311 g/mol. The lowest BCUT2D eigenvalue weighted by Gasteiger charge is -2.38. The normalized spacial score (nSPS) is 23.7. The van der Waals surface area contributed by atoms with Crippen LogP contribution in [0.1, 0.15) is 19.4 Å². The number of rotatable bonds is 5. The first kappa shape index (κ1) is 16.5. The van der Waals surface area contributed by atoms with Crippen molar-refractivity contribution >= 4 is 10.8 Å². The molecule has 0 spiro atoms. The van der Waals surface area contributed by atoms with Crippen molar-refractivity contribution in [1.29, 1.82) is 0 Å². The van der Waals surface area contributed by atoms with Crippen molar-refractivity contribution in [3.05, 3.63) is 29.8 Å². The minimum Gasteiger partial charge on any atom is -0.491 e. The van der Waals surface area contributed by atoms with E-state index in [0.29, 0.717) is 12.3 Å². The van der Waals surface area contributed by atoms with Gasteiger partial charge in [-0.2, -0.15) is 0 Å². The van der Waals surface area contributed by atoms with Gasteiger partial charge >= 0.3 is 0 Å². The zero-order chi connectivity index (χ0) is 15.5. The minimum absolute atomic E-state index is 0.199. The standard InChI is InChI=1S/C16H25NO3S/c1-13-5-4-6-15(9-13)20-11-14(18)10-17-7-8-21(19)16(2,3)12-17/h4-6,9,14,18H,7-8,10-12H2,1-3H3. The van der Waals surface area contributed by atoms with Crippen LogP contribution in [-0.2, 0) is 10.8 Å². The third-order valence-electron chi connectivity index (χ3n) is 3.71. The Balaban J connectivity index is 1.79. The van der Waals surface area contributed by atoms with E-state index in [2.05, 4.69) is 4.90 Å². The molecule has 1 aromatic rings. The van der Waals surface area contributed by atoms with E-state index in [0.717, 1.165) is 24.4 Å². The fourth-order valence-electron chi connectivity index (χ4n) is 2.58. The van der Waals surface area contributed by atoms with Gasteiger partial charge in [-0.3, -0.25) is 9.11 Å². The molecule has 2 rings (SSSR count). The molecule has 0 aromatic heterocycles. The summed E-state index contributed by atoms with van der Waals surface area (Å²) in [5.74, 6) is 1.47. The Morgan fingerprint density at radius 3 is 2.90 bits per heavy atom. The summed E-state index contributed by atoms with van der Waals surface area (Å²) in [6.07, 6.45) is -0.534. The summed E-state index contributed by atoms with van der Waals surface area (Å²) in [5.41, 5.74) is 1.14. The van der Waals surface area contributed by atoms with Crippen molar-refractivity contribution in [2.24, 2.45) is 0 Å². The second kappa shape index (κ2) is 6.90. The van der Waals surface area contributed by atoms with Gasteiger partial charge < -0.3 is 9.84 Å². The van der Waals surface area contributed by atoms with Gasteiger partial charge in [0.1, 0.15) is 18.5 Å². The quantitative estimate of drug-likeness (QED) is 0.897. The van der Waals surface area contributed by atoms with Gasteiger partial charge in [0.05, 0.1) is 4.75 Å². The molecule has 5 heteroatoms. The summed E-state index contributed by atoms with van der Waals surface area (Å²) >= 11 is 0. The molecule has 0 amide bonds. The molecule has 4 nitrogen and oxygen atoms in total. The molecular formula is C16H25NO3S. The average Bonchev–Trinajstić information content (AvgIpc) is 2.40. The van der Waals surface area contributed by atoms with E-state index in [4.69, 9.17) is 4.74 Å². The Morgan fingerprint density at radius 1 is 1.48 bits per heavy atom. The zero-order valence-electron chi connectivity index (χ0n) is 13.0. The zero-order valence-corrected chi connectivity index (χ0v) is 13.9. The number of hydrogen-bond acceptors (Lipinski definition) is 4. The van der Waals surface area contributed by atoms with E-state index in [1.54, 1.807) is 0 Å². The van der Waals surface area contributed by atoms with Crippen molar-refractivity contribution in [3.63, 3.8) is 0 Å². The first-order chi connectivity index (χ1) is 9.87. The van der Waals surface area contributed by atoms with E-state index in [9.17, 15) is 9.32 Å². The highest BCUT2D eigenvalue weighted by molar-refractivity contribution is 7.86. The maximum absolute atomic E-state index is 11.9. The minimum atomic E-state index is -0.777. The molecule has 1 N–H and O–H groups in total. The topological polar surface area (TPSA) is 49.8 Å². The van der Waals surface area contributed by atoms with Gasteiger partial charge in [0.25, 0.3) is 0 Å². The van der Waals surface area contributed by atoms with Crippen molar-refractivity contribution in [2.75, 3.05) is 32.0 Å². The highest BCUT2D eigenvalue weighted by atomic mass is 32.2. The highest BCUT2D eigenvalue weighted by Gasteiger charge is 2.33. The molecule has 0 saturated carbocycles. The molecule has 2 atom stereocenters. The Bertz CT molecular complexity index is 504. The molecule has 1 aliphatic heterocycles. The van der Waals surface area contributed by atoms with E-state index >= 15 is 0 Å². The van der Waals surface area contributed by atoms with Crippen LogP contribution < -0.4 is 4.74 Å². The Kier molecular flexibility index (Phi) is 5.41. The Labute approximate surface area is 129 Å². The molecule has 21 heavy (non-hydrogen) atoms. The average molecular weight is 311 g/mol. The van der Waals surface area contributed by atoms with Crippen LogP contribution in [-0.4, -0.2) is 57.1 Å². The van der Waals surface area contributed by atoms with Gasteiger partial charge in [-0.15, -0.1) is 0 Å². The lowest BCUT2D eigenvalue weighted by atomic mass is 10.1. The van der Waals surface area contributed by atoms with Crippen LogP contribution in [0.15, 0.2) is 24.3 Å². The SMILES string of the molecule is Cc1cccc(OCC(O)CN2CCS(=O)C(C)(C)C2)c1. The highest BCUT2D eigenvalue weighted by Crippen LogP contribution is 2.20. The summed E-state index contributed by atoms with van der Waals surface area (Å²) in [6, 6.07) is 7.81. The van der Waals surface area contributed by atoms with Gasteiger partial charge in [0, 0.05) is 36.2 Å². The predicted octanol–water partition coefficient (Wildman–Crippen LogP) is 1.58. The molecule has 0 aliphatic carbocycles. The van der Waals surface area contributed by atoms with Crippen LogP contribution in [0.3, 0.4) is 0 Å². The fraction of sp³-hybridized carbons (Fsp3) is 0.625. The lowest BCUT2D eigenvalue weighted by molar-refractivity contribution is 0.0662. The first-order valence-electron chi connectivity index (χ1n) is 7.35. The van der Waals surface area contributed by atoms with Crippen LogP contribution in [0.5, 0.6) is 5.75 Å². The molecule has 1 heterocycles. The molecule has 2 unspecified atom stereocenters. The van der Waals surface area contributed by atoms with E-state index in [1.165, 1.54) is 0 Å². The second-order valence-corrected chi connectivity index (χ2v) is 8.53. The van der Waals surface area contributed by atoms with Gasteiger partial charge in [0.2, 0.25) is 0 Å². The van der Waals surface area contributed by atoms with Crippen molar-refractivity contribution < 1.29 is 14.1 Å². The number of hydrogen-bond donors (Lipinski definition) is 1. The number of aryl methyl sites for hydroxylation is 1. The number of nitrogens with zero attached hydrogens (tertiary/aromatic N) is 1. The number of benzene rings is 1. The van der Waals surface area contributed by atoms with Gasteiger partial charge in [-0.05, 0) is 38.5 Å². The predicted molar refractivity (Wildman–Crippen MR) is 86.2 cm³/mol. The van der Waals surface area contributed by atoms with Gasteiger partial charge in [-0.1, -0.05) is 12.1 Å². The van der Waals surface area contributed by atoms with Gasteiger partial charge in [0.15, 0.2) is 0 Å². The maximum Gasteiger partial charge on any atom is 0.119 e. The summed E-state index contributed by atoms with van der Waals surface area (Å²) < 4.78 is 17.3. The van der Waals surface area contributed by atoms with E-state index in [-0.39, 0.29) is 11.4 Å². The third-order valence-corrected chi connectivity index (χ3v) is 5.63. The van der Waals surface area contributed by atoms with Crippen molar-refractivity contribution in [3.8, 4) is 5.75 Å². The molecule has 1 aromatic carbocycles. The van der Waals surface area contributed by atoms with Crippen LogP contribution in [0.2, 0.25) is 0 Å². The smallest absolute Gasteiger partial charge is 0.119 e. The molecule has 0 bridgehead atoms. The van der Waals surface area contributed by atoms with E-state index in [1.807, 2.05) is 45.0 Å². The van der Waals surface area contributed by atoms with Crippen LogP contribution in [0.25, 0.3) is 0 Å². The third kappa shape index (κ3) is 4.80. The number of aliphatic hydroxyl groups excluding tert-OH is 1. The molecule has 1 saturated heterocycles. The van der Waals surface area contributed by atoms with Crippen LogP contribution in [0, 0.1) is 6.92 Å². The van der Waals surface area contributed by atoms with Crippen LogP contribution >= 0.6 is 0 Å². The fourth-order valence-corrected chi connectivity index (χ4v) is 3.89. The first-order valence-corrected chi connectivity index (χ1v) is 8.67. The molecular weight excluding hydrogens is 286 g/mol. The number of ether oxygens (including phenoxy) is 1. The molecule has 1 aliphatic rings. The number of aliphatic hydroxyl groups is 1. The summed E-state index contributed by atoms with van der Waals surface area (Å²) in [5, 5.41) is 10.1. The lowest BCUT2D eigenvalue weighted by Crippen LogP contribution is -2.52. The largest absolute Gasteiger partial charge is 0.491 e. The maximum atomic E-state index is 11.9. The van der Waals surface area contributed by atoms with Crippen LogP contribution in [0.4, 0.5) is 0 Å². The number of β-amino-alcohol motifs (C(OH)–C–C–N with tert-alkyl or cyclic N) is 1. The summed E-state index contributed by atoms with van der Waals surface area (Å²) in [6.45, 7) is 8.42. The Hall–Kier alpha value is -0.910. The molecule has 0 radical (unpaired) electrons. The second-order valence-electron chi connectivity index (χ2n) is 6.33. The van der Waals surface area contributed by atoms with Gasteiger partial charge in [-0.25, -0.2) is 0 Å². The summed E-state index contributed by atoms with van der Waals surface area (Å²) in [4.78, 5) is 2.17. The Morgan fingerprint density at radius 2 is 2.24 bits per heavy atom. The van der Waals surface area contributed by atoms with E-state index < -0.39 is 16.9 Å². The van der Waals surface area contributed by atoms with Crippen molar-refractivity contribution in [1.82, 2.24) is 4.90 Å². The molecule has 1 fully saturated rings.